The molecule has 0 bridgehead atoms. The van der Waals surface area contributed by atoms with Gasteiger partial charge in [0.15, 0.2) is 0 Å². The van der Waals surface area contributed by atoms with Gasteiger partial charge in [0.1, 0.15) is 11.5 Å². The van der Waals surface area contributed by atoms with E-state index in [4.69, 9.17) is 10.5 Å². The van der Waals surface area contributed by atoms with Crippen molar-refractivity contribution in [1.29, 1.82) is 0 Å². The van der Waals surface area contributed by atoms with Crippen LogP contribution in [0.3, 0.4) is 0 Å². The number of rotatable bonds is 4. The molecule has 0 radical (unpaired) electrons. The van der Waals surface area contributed by atoms with Crippen molar-refractivity contribution in [3.63, 3.8) is 0 Å². The normalized spacial score (nSPS) is 10.4. The quantitative estimate of drug-likeness (QED) is 0.916. The Labute approximate surface area is 116 Å². The molecule has 0 atom stereocenters. The second kappa shape index (κ2) is 6.03. The molecule has 0 aliphatic rings. The number of nitrogens with two attached hydrogens (primary N) is 1. The van der Waals surface area contributed by atoms with Crippen LogP contribution in [0.1, 0.15) is 18.1 Å². The minimum atomic E-state index is 0.520. The van der Waals surface area contributed by atoms with Crippen molar-refractivity contribution in [3.05, 3.63) is 58.1 Å². The van der Waals surface area contributed by atoms with Gasteiger partial charge in [0.05, 0.1) is 0 Å². The van der Waals surface area contributed by atoms with Gasteiger partial charge in [0, 0.05) is 11.0 Å². The molecule has 0 heterocycles. The first-order chi connectivity index (χ1) is 8.72. The summed E-state index contributed by atoms with van der Waals surface area (Å²) in [6.45, 7) is 2.66. The van der Waals surface area contributed by atoms with E-state index < -0.39 is 0 Å². The minimum Gasteiger partial charge on any atom is -0.457 e. The molecule has 0 aliphatic carbocycles. The second-order valence-corrected chi connectivity index (χ2v) is 4.91. The molecule has 0 spiro atoms. The van der Waals surface area contributed by atoms with Crippen LogP contribution in [-0.2, 0) is 13.0 Å². The lowest BCUT2D eigenvalue weighted by atomic mass is 10.2. The molecular weight excluding hydrogens is 290 g/mol. The number of aryl methyl sites for hydroxylation is 1. The van der Waals surface area contributed by atoms with Gasteiger partial charge in [-0.25, -0.2) is 0 Å². The topological polar surface area (TPSA) is 35.2 Å². The summed E-state index contributed by atoms with van der Waals surface area (Å²) in [5, 5.41) is 0. The van der Waals surface area contributed by atoms with E-state index in [1.54, 1.807) is 0 Å². The largest absolute Gasteiger partial charge is 0.457 e. The fourth-order valence-electron chi connectivity index (χ4n) is 1.69. The third-order valence-electron chi connectivity index (χ3n) is 2.81. The Balaban J connectivity index is 2.15. The van der Waals surface area contributed by atoms with Crippen molar-refractivity contribution in [2.75, 3.05) is 0 Å². The zero-order chi connectivity index (χ0) is 13.0. The monoisotopic (exact) mass is 305 g/mol. The lowest BCUT2D eigenvalue weighted by Crippen LogP contribution is -1.97. The van der Waals surface area contributed by atoms with Gasteiger partial charge in [-0.2, -0.15) is 0 Å². The summed E-state index contributed by atoms with van der Waals surface area (Å²) in [4.78, 5) is 0. The maximum absolute atomic E-state index is 5.79. The van der Waals surface area contributed by atoms with Gasteiger partial charge in [0.2, 0.25) is 0 Å². The van der Waals surface area contributed by atoms with Gasteiger partial charge in [0.25, 0.3) is 0 Å². The summed E-state index contributed by atoms with van der Waals surface area (Å²) in [6, 6.07) is 14.0. The van der Waals surface area contributed by atoms with Crippen LogP contribution in [0.25, 0.3) is 0 Å². The Morgan fingerprint density at radius 3 is 2.28 bits per heavy atom. The molecule has 2 N–H and O–H groups in total. The van der Waals surface area contributed by atoms with Crippen LogP contribution in [0.2, 0.25) is 0 Å². The molecule has 0 aliphatic heterocycles. The number of benzene rings is 2. The van der Waals surface area contributed by atoms with Crippen LogP contribution in [-0.4, -0.2) is 0 Å². The molecule has 0 unspecified atom stereocenters. The molecule has 3 heteroatoms. The van der Waals surface area contributed by atoms with Gasteiger partial charge >= 0.3 is 0 Å². The molecule has 0 saturated carbocycles. The lowest BCUT2D eigenvalue weighted by molar-refractivity contribution is 0.482. The predicted molar refractivity (Wildman–Crippen MR) is 77.9 cm³/mol. The second-order valence-electron chi connectivity index (χ2n) is 4.06. The van der Waals surface area contributed by atoms with Gasteiger partial charge in [-0.05, 0) is 41.8 Å². The fourth-order valence-corrected chi connectivity index (χ4v) is 2.21. The lowest BCUT2D eigenvalue weighted by Gasteiger charge is -2.08. The van der Waals surface area contributed by atoms with Crippen molar-refractivity contribution >= 4 is 15.9 Å². The maximum Gasteiger partial charge on any atom is 0.128 e. The highest BCUT2D eigenvalue weighted by Crippen LogP contribution is 2.27. The van der Waals surface area contributed by atoms with Crippen LogP contribution < -0.4 is 10.5 Å². The molecule has 2 nitrogen and oxygen atoms in total. The van der Waals surface area contributed by atoms with Crippen molar-refractivity contribution in [2.24, 2.45) is 5.73 Å². The highest BCUT2D eigenvalue weighted by Gasteiger charge is 2.02. The third-order valence-corrected chi connectivity index (χ3v) is 3.55. The van der Waals surface area contributed by atoms with Crippen LogP contribution in [0.5, 0.6) is 11.5 Å². The molecule has 94 valence electrons. The van der Waals surface area contributed by atoms with Crippen LogP contribution in [0, 0.1) is 0 Å². The van der Waals surface area contributed by atoms with Crippen LogP contribution >= 0.6 is 15.9 Å². The maximum atomic E-state index is 5.79. The van der Waals surface area contributed by atoms with Gasteiger partial charge in [-0.1, -0.05) is 41.1 Å². The number of ether oxygens (including phenoxy) is 1. The molecule has 0 amide bonds. The van der Waals surface area contributed by atoms with E-state index in [0.29, 0.717) is 6.54 Å². The third kappa shape index (κ3) is 3.12. The Bertz CT molecular complexity index is 523. The van der Waals surface area contributed by atoms with E-state index in [2.05, 4.69) is 35.0 Å². The standard InChI is InChI=1S/C15H16BrNO/c1-2-11-3-6-13(7-4-11)18-14-8-5-12(10-17)15(16)9-14/h3-9H,2,10,17H2,1H3. The Morgan fingerprint density at radius 1 is 1.06 bits per heavy atom. The van der Waals surface area contributed by atoms with Crippen LogP contribution in [0.15, 0.2) is 46.9 Å². The summed E-state index contributed by atoms with van der Waals surface area (Å²) < 4.78 is 6.77. The smallest absolute Gasteiger partial charge is 0.128 e. The summed E-state index contributed by atoms with van der Waals surface area (Å²) in [6.07, 6.45) is 1.04. The molecule has 0 aromatic heterocycles. The molecule has 0 fully saturated rings. The van der Waals surface area contributed by atoms with E-state index in [1.165, 1.54) is 5.56 Å². The first-order valence-electron chi connectivity index (χ1n) is 5.98. The highest BCUT2D eigenvalue weighted by atomic mass is 79.9. The zero-order valence-corrected chi connectivity index (χ0v) is 11.9. The van der Waals surface area contributed by atoms with Gasteiger partial charge in [-0.3, -0.25) is 0 Å². The van der Waals surface area contributed by atoms with Crippen molar-refractivity contribution in [1.82, 2.24) is 0 Å². The minimum absolute atomic E-state index is 0.520. The summed E-state index contributed by atoms with van der Waals surface area (Å²) >= 11 is 3.48. The number of hydrogen-bond acceptors (Lipinski definition) is 2. The average Bonchev–Trinajstić information content (AvgIpc) is 2.40. The summed E-state index contributed by atoms with van der Waals surface area (Å²) in [5.41, 5.74) is 7.99. The van der Waals surface area contributed by atoms with E-state index in [1.807, 2.05) is 30.3 Å². The Morgan fingerprint density at radius 2 is 1.72 bits per heavy atom. The Kier molecular flexibility index (Phi) is 4.39. The summed E-state index contributed by atoms with van der Waals surface area (Å²) in [5.74, 6) is 1.66. The van der Waals surface area contributed by atoms with Gasteiger partial charge in [-0.15, -0.1) is 0 Å². The van der Waals surface area contributed by atoms with E-state index in [-0.39, 0.29) is 0 Å². The first-order valence-corrected chi connectivity index (χ1v) is 6.77. The average molecular weight is 306 g/mol. The summed E-state index contributed by atoms with van der Waals surface area (Å²) in [7, 11) is 0. The molecule has 2 rings (SSSR count). The highest BCUT2D eigenvalue weighted by molar-refractivity contribution is 9.10. The van der Waals surface area contributed by atoms with Crippen LogP contribution in [0.4, 0.5) is 0 Å². The van der Waals surface area contributed by atoms with Gasteiger partial charge < -0.3 is 10.5 Å². The zero-order valence-electron chi connectivity index (χ0n) is 10.3. The van der Waals surface area contributed by atoms with Crippen molar-refractivity contribution in [3.8, 4) is 11.5 Å². The van der Waals surface area contributed by atoms with Crippen molar-refractivity contribution in [2.45, 2.75) is 19.9 Å². The molecular formula is C15H16BrNO. The fraction of sp³-hybridized carbons (Fsp3) is 0.200. The first kappa shape index (κ1) is 13.1. The molecule has 0 saturated heterocycles. The predicted octanol–water partition coefficient (Wildman–Crippen LogP) is 4.26. The van der Waals surface area contributed by atoms with Crippen molar-refractivity contribution < 1.29 is 4.74 Å². The molecule has 2 aromatic carbocycles. The van der Waals surface area contributed by atoms with E-state index in [0.717, 1.165) is 28.0 Å². The SMILES string of the molecule is CCc1ccc(Oc2ccc(CN)c(Br)c2)cc1. The van der Waals surface area contributed by atoms with E-state index in [9.17, 15) is 0 Å². The number of hydrogen-bond donors (Lipinski definition) is 1. The Hall–Kier alpha value is -1.32. The number of halogens is 1. The van der Waals surface area contributed by atoms with E-state index >= 15 is 0 Å². The molecule has 2 aromatic rings. The molecule has 18 heavy (non-hydrogen) atoms.